The van der Waals surface area contributed by atoms with Gasteiger partial charge in [-0.2, -0.15) is 0 Å². The Morgan fingerprint density at radius 2 is 1.84 bits per heavy atom. The molecule has 1 aliphatic rings. The van der Waals surface area contributed by atoms with E-state index < -0.39 is 0 Å². The van der Waals surface area contributed by atoms with Crippen molar-refractivity contribution < 1.29 is 18.9 Å². The molecule has 25 heavy (non-hydrogen) atoms. The maximum absolute atomic E-state index is 5.44. The second kappa shape index (κ2) is 6.64. The lowest BCUT2D eigenvalue weighted by molar-refractivity contribution is 0.174. The predicted molar refractivity (Wildman–Crippen MR) is 96.0 cm³/mol. The van der Waals surface area contributed by atoms with E-state index >= 15 is 0 Å². The van der Waals surface area contributed by atoms with Crippen molar-refractivity contribution in [2.75, 3.05) is 21.0 Å². The smallest absolute Gasteiger partial charge is 0.231 e. The number of fused-ring (bicyclic) bond motifs is 1. The number of rotatable bonds is 5. The normalized spacial score (nSPS) is 12.2. The molecule has 4 rings (SSSR count). The van der Waals surface area contributed by atoms with Crippen molar-refractivity contribution in [1.82, 2.24) is 4.98 Å². The second-order valence-electron chi connectivity index (χ2n) is 5.56. The first-order chi connectivity index (χ1) is 12.3. The van der Waals surface area contributed by atoms with E-state index in [1.54, 1.807) is 25.6 Å². The molecule has 3 aromatic rings. The number of methoxy groups -OCH3 is 2. The number of thiazole rings is 1. The van der Waals surface area contributed by atoms with Gasteiger partial charge < -0.3 is 18.9 Å². The zero-order valence-corrected chi connectivity index (χ0v) is 14.8. The van der Waals surface area contributed by atoms with E-state index in [4.69, 9.17) is 23.9 Å². The number of benzene rings is 2. The van der Waals surface area contributed by atoms with E-state index in [9.17, 15) is 0 Å². The van der Waals surface area contributed by atoms with Crippen LogP contribution in [0.15, 0.2) is 41.8 Å². The molecule has 0 saturated carbocycles. The van der Waals surface area contributed by atoms with E-state index in [0.29, 0.717) is 0 Å². The molecule has 1 aromatic heterocycles. The van der Waals surface area contributed by atoms with E-state index in [0.717, 1.165) is 51.2 Å². The summed E-state index contributed by atoms with van der Waals surface area (Å²) >= 11 is 1.64. The molecule has 2 aromatic carbocycles. The molecular formula is C19H17NO4S. The molecule has 0 radical (unpaired) electrons. The Balaban J connectivity index is 1.55. The zero-order valence-electron chi connectivity index (χ0n) is 13.9. The minimum atomic E-state index is 0.278. The van der Waals surface area contributed by atoms with Crippen molar-refractivity contribution >= 4 is 11.3 Å². The van der Waals surface area contributed by atoms with Gasteiger partial charge in [-0.3, -0.25) is 0 Å². The lowest BCUT2D eigenvalue weighted by Crippen LogP contribution is -1.93. The Morgan fingerprint density at radius 1 is 1.00 bits per heavy atom. The van der Waals surface area contributed by atoms with Crippen LogP contribution in [0.25, 0.3) is 11.3 Å². The van der Waals surface area contributed by atoms with Crippen molar-refractivity contribution in [2.45, 2.75) is 6.42 Å². The van der Waals surface area contributed by atoms with Gasteiger partial charge >= 0.3 is 0 Å². The number of hydrogen-bond donors (Lipinski definition) is 0. The van der Waals surface area contributed by atoms with Gasteiger partial charge in [0, 0.05) is 17.4 Å². The summed E-state index contributed by atoms with van der Waals surface area (Å²) < 4.78 is 21.4. The van der Waals surface area contributed by atoms with Gasteiger partial charge in [0.15, 0.2) is 23.0 Å². The Bertz CT molecular complexity index is 906. The van der Waals surface area contributed by atoms with Gasteiger partial charge in [0.25, 0.3) is 0 Å². The molecule has 0 fully saturated rings. The summed E-state index contributed by atoms with van der Waals surface area (Å²) in [7, 11) is 3.28. The monoisotopic (exact) mass is 355 g/mol. The van der Waals surface area contributed by atoms with Gasteiger partial charge in [-0.15, -0.1) is 11.3 Å². The molecule has 0 atom stereocenters. The van der Waals surface area contributed by atoms with Crippen LogP contribution in [0.1, 0.15) is 10.6 Å². The summed E-state index contributed by atoms with van der Waals surface area (Å²) in [5.74, 6) is 3.01. The number of nitrogens with zero attached hydrogens (tertiary/aromatic N) is 1. The summed E-state index contributed by atoms with van der Waals surface area (Å²) in [5.41, 5.74) is 3.10. The van der Waals surface area contributed by atoms with E-state index in [2.05, 4.69) is 5.38 Å². The first-order valence-corrected chi connectivity index (χ1v) is 8.70. The van der Waals surface area contributed by atoms with Crippen molar-refractivity contribution in [1.29, 1.82) is 0 Å². The highest BCUT2D eigenvalue weighted by Gasteiger charge is 2.15. The molecule has 0 spiro atoms. The average Bonchev–Trinajstić information content (AvgIpc) is 3.30. The molecule has 6 heteroatoms. The molecule has 0 aliphatic carbocycles. The van der Waals surface area contributed by atoms with Crippen LogP contribution in [0.2, 0.25) is 0 Å². The van der Waals surface area contributed by atoms with Crippen molar-refractivity contribution in [3.05, 3.63) is 52.3 Å². The van der Waals surface area contributed by atoms with Gasteiger partial charge in [-0.1, -0.05) is 6.07 Å². The largest absolute Gasteiger partial charge is 0.493 e. The summed E-state index contributed by atoms with van der Waals surface area (Å²) in [5, 5.41) is 3.10. The molecule has 128 valence electrons. The Morgan fingerprint density at radius 3 is 2.68 bits per heavy atom. The van der Waals surface area contributed by atoms with Crippen LogP contribution in [0.4, 0.5) is 0 Å². The Hall–Kier alpha value is -2.73. The first-order valence-electron chi connectivity index (χ1n) is 7.82. The highest BCUT2D eigenvalue weighted by Crippen LogP contribution is 2.36. The SMILES string of the molecule is COc1ccc(Cc2nc(-c3ccc4c(c3)OCO4)cs2)cc1OC. The van der Waals surface area contributed by atoms with Crippen LogP contribution >= 0.6 is 11.3 Å². The fraction of sp³-hybridized carbons (Fsp3) is 0.211. The molecule has 0 amide bonds. The maximum atomic E-state index is 5.44. The van der Waals surface area contributed by atoms with Crippen LogP contribution in [0, 0.1) is 0 Å². The van der Waals surface area contributed by atoms with Gasteiger partial charge in [-0.25, -0.2) is 4.98 Å². The molecule has 5 nitrogen and oxygen atoms in total. The van der Waals surface area contributed by atoms with Crippen LogP contribution < -0.4 is 18.9 Å². The molecule has 0 bridgehead atoms. The molecule has 0 N–H and O–H groups in total. The number of ether oxygens (including phenoxy) is 4. The average molecular weight is 355 g/mol. The maximum Gasteiger partial charge on any atom is 0.231 e. The summed E-state index contributed by atoms with van der Waals surface area (Å²) in [4.78, 5) is 4.75. The standard InChI is InChI=1S/C19H17NO4S/c1-21-15-5-3-12(7-17(15)22-2)8-19-20-14(10-25-19)13-4-6-16-18(9-13)24-11-23-16/h3-7,9-10H,8,11H2,1-2H3. The lowest BCUT2D eigenvalue weighted by atomic mass is 10.1. The minimum absolute atomic E-state index is 0.278. The van der Waals surface area contributed by atoms with E-state index in [-0.39, 0.29) is 6.79 Å². The second-order valence-corrected chi connectivity index (χ2v) is 6.50. The first kappa shape index (κ1) is 15.8. The van der Waals surface area contributed by atoms with Crippen molar-refractivity contribution in [3.8, 4) is 34.3 Å². The molecule has 0 unspecified atom stereocenters. The highest BCUT2D eigenvalue weighted by molar-refractivity contribution is 7.10. The van der Waals surface area contributed by atoms with Crippen molar-refractivity contribution in [3.63, 3.8) is 0 Å². The topological polar surface area (TPSA) is 49.8 Å². The zero-order chi connectivity index (χ0) is 17.2. The van der Waals surface area contributed by atoms with E-state index in [1.165, 1.54) is 0 Å². The quantitative estimate of drug-likeness (QED) is 0.688. The highest BCUT2D eigenvalue weighted by atomic mass is 32.1. The molecule has 0 saturated heterocycles. The third kappa shape index (κ3) is 3.13. The third-order valence-corrected chi connectivity index (χ3v) is 4.87. The number of hydrogen-bond acceptors (Lipinski definition) is 6. The van der Waals surface area contributed by atoms with Crippen LogP contribution in [-0.2, 0) is 6.42 Å². The van der Waals surface area contributed by atoms with Gasteiger partial charge in [0.05, 0.1) is 24.9 Å². The van der Waals surface area contributed by atoms with Crippen LogP contribution in [0.3, 0.4) is 0 Å². The summed E-state index contributed by atoms with van der Waals surface area (Å²) in [6.45, 7) is 0.278. The lowest BCUT2D eigenvalue weighted by Gasteiger charge is -2.08. The Labute approximate surface area is 149 Å². The number of aromatic nitrogens is 1. The summed E-state index contributed by atoms with van der Waals surface area (Å²) in [6, 6.07) is 11.8. The fourth-order valence-electron chi connectivity index (χ4n) is 2.75. The third-order valence-electron chi connectivity index (χ3n) is 4.02. The van der Waals surface area contributed by atoms with Crippen LogP contribution in [0.5, 0.6) is 23.0 Å². The molecule has 2 heterocycles. The minimum Gasteiger partial charge on any atom is -0.493 e. The Kier molecular flexibility index (Phi) is 4.19. The van der Waals surface area contributed by atoms with Gasteiger partial charge in [0.1, 0.15) is 0 Å². The van der Waals surface area contributed by atoms with E-state index in [1.807, 2.05) is 36.4 Å². The van der Waals surface area contributed by atoms with Crippen LogP contribution in [-0.4, -0.2) is 26.0 Å². The molecular weight excluding hydrogens is 338 g/mol. The summed E-state index contributed by atoms with van der Waals surface area (Å²) in [6.07, 6.45) is 0.746. The molecule has 1 aliphatic heterocycles. The fourth-order valence-corrected chi connectivity index (χ4v) is 3.58. The van der Waals surface area contributed by atoms with Gasteiger partial charge in [-0.05, 0) is 35.9 Å². The van der Waals surface area contributed by atoms with Gasteiger partial charge in [0.2, 0.25) is 6.79 Å². The predicted octanol–water partition coefficient (Wildman–Crippen LogP) is 4.15. The van der Waals surface area contributed by atoms with Crippen molar-refractivity contribution in [2.24, 2.45) is 0 Å².